The predicted molar refractivity (Wildman–Crippen MR) is 100 cm³/mol. The van der Waals surface area contributed by atoms with E-state index in [1.165, 1.54) is 0 Å². The van der Waals surface area contributed by atoms with E-state index in [0.717, 1.165) is 6.42 Å². The highest BCUT2D eigenvalue weighted by molar-refractivity contribution is 6.39. The Hall–Kier alpha value is -1.82. The largest absolute Gasteiger partial charge is 0.489 e. The molecule has 1 aliphatic rings. The van der Waals surface area contributed by atoms with Gasteiger partial charge in [-0.15, -0.1) is 0 Å². The predicted octanol–water partition coefficient (Wildman–Crippen LogP) is 4.57. The Morgan fingerprint density at radius 1 is 1.04 bits per heavy atom. The van der Waals surface area contributed by atoms with Gasteiger partial charge in [0.15, 0.2) is 11.5 Å². The van der Waals surface area contributed by atoms with E-state index in [-0.39, 0.29) is 28.1 Å². The zero-order valence-corrected chi connectivity index (χ0v) is 15.3. The Labute approximate surface area is 159 Å². The second-order valence-electron chi connectivity index (χ2n) is 5.53. The third kappa shape index (κ3) is 4.24. The standard InChI is InChI=1S/C17H15Cl3N2O3/c18-11-7-10(8-12(19)16(11)21)22-15(23)6-9-4-13(20)17-14(5-9)24-2-1-3-25-17/h4-5,7-8H,1-3,6,21H2,(H,22,23). The summed E-state index contributed by atoms with van der Waals surface area (Å²) in [6.07, 6.45) is 0.884. The number of amides is 1. The van der Waals surface area contributed by atoms with Crippen molar-refractivity contribution in [3.63, 3.8) is 0 Å². The molecule has 2 aromatic rings. The maximum Gasteiger partial charge on any atom is 0.228 e. The first-order valence-corrected chi connectivity index (χ1v) is 8.70. The zero-order valence-electron chi connectivity index (χ0n) is 13.1. The average Bonchev–Trinajstić information content (AvgIpc) is 2.78. The van der Waals surface area contributed by atoms with Crippen molar-refractivity contribution in [2.24, 2.45) is 0 Å². The van der Waals surface area contributed by atoms with Crippen LogP contribution in [0.4, 0.5) is 11.4 Å². The summed E-state index contributed by atoms with van der Waals surface area (Å²) in [4.78, 5) is 12.3. The van der Waals surface area contributed by atoms with Gasteiger partial charge in [0.25, 0.3) is 0 Å². The molecular formula is C17H15Cl3N2O3. The fourth-order valence-electron chi connectivity index (χ4n) is 2.43. The fourth-order valence-corrected chi connectivity index (χ4v) is 3.21. The van der Waals surface area contributed by atoms with Crippen LogP contribution in [0.5, 0.6) is 11.5 Å². The van der Waals surface area contributed by atoms with E-state index in [1.807, 2.05) is 0 Å². The van der Waals surface area contributed by atoms with Crippen molar-refractivity contribution >= 4 is 52.1 Å². The van der Waals surface area contributed by atoms with Gasteiger partial charge < -0.3 is 20.5 Å². The van der Waals surface area contributed by atoms with Crippen molar-refractivity contribution in [2.75, 3.05) is 24.3 Å². The number of carbonyl (C=O) groups excluding carboxylic acids is 1. The molecule has 1 aliphatic heterocycles. The SMILES string of the molecule is Nc1c(Cl)cc(NC(=O)Cc2cc(Cl)c3c(c2)OCCCO3)cc1Cl. The third-order valence-corrected chi connectivity index (χ3v) is 4.50. The van der Waals surface area contributed by atoms with Crippen molar-refractivity contribution in [1.29, 1.82) is 0 Å². The Morgan fingerprint density at radius 3 is 2.44 bits per heavy atom. The van der Waals surface area contributed by atoms with Gasteiger partial charge in [-0.1, -0.05) is 34.8 Å². The lowest BCUT2D eigenvalue weighted by Gasteiger charge is -2.12. The Balaban J connectivity index is 1.75. The summed E-state index contributed by atoms with van der Waals surface area (Å²) < 4.78 is 11.2. The number of anilines is 2. The summed E-state index contributed by atoms with van der Waals surface area (Å²) in [7, 11) is 0. The first-order chi connectivity index (χ1) is 11.9. The van der Waals surface area contributed by atoms with E-state index in [0.29, 0.717) is 41.0 Å². The van der Waals surface area contributed by atoms with Gasteiger partial charge in [-0.2, -0.15) is 0 Å². The molecule has 0 aromatic heterocycles. The molecule has 0 unspecified atom stereocenters. The molecule has 0 saturated heterocycles. The molecule has 0 spiro atoms. The highest BCUT2D eigenvalue weighted by Gasteiger charge is 2.17. The second kappa shape index (κ2) is 7.60. The molecule has 25 heavy (non-hydrogen) atoms. The number of hydrogen-bond donors (Lipinski definition) is 2. The number of rotatable bonds is 3. The van der Waals surface area contributed by atoms with Crippen LogP contribution in [-0.2, 0) is 11.2 Å². The number of nitrogens with one attached hydrogen (secondary N) is 1. The molecule has 132 valence electrons. The van der Waals surface area contributed by atoms with Crippen molar-refractivity contribution in [1.82, 2.24) is 0 Å². The number of fused-ring (bicyclic) bond motifs is 1. The normalized spacial score (nSPS) is 13.2. The van der Waals surface area contributed by atoms with Crippen LogP contribution < -0.4 is 20.5 Å². The van der Waals surface area contributed by atoms with Crippen LogP contribution in [0.2, 0.25) is 15.1 Å². The van der Waals surface area contributed by atoms with Gasteiger partial charge in [0.05, 0.1) is 40.4 Å². The lowest BCUT2D eigenvalue weighted by Crippen LogP contribution is -2.14. The van der Waals surface area contributed by atoms with Gasteiger partial charge in [0.2, 0.25) is 5.91 Å². The number of nitrogens with two attached hydrogens (primary N) is 1. The van der Waals surface area contributed by atoms with Gasteiger partial charge >= 0.3 is 0 Å². The molecule has 1 heterocycles. The molecule has 0 fully saturated rings. The van der Waals surface area contributed by atoms with E-state index in [2.05, 4.69) is 5.32 Å². The maximum atomic E-state index is 12.3. The molecular weight excluding hydrogens is 387 g/mol. The topological polar surface area (TPSA) is 73.6 Å². The van der Waals surface area contributed by atoms with Gasteiger partial charge in [-0.25, -0.2) is 0 Å². The summed E-state index contributed by atoms with van der Waals surface area (Å²) in [5.74, 6) is 0.814. The van der Waals surface area contributed by atoms with Crippen LogP contribution in [-0.4, -0.2) is 19.1 Å². The molecule has 5 nitrogen and oxygen atoms in total. The molecule has 8 heteroatoms. The molecule has 0 radical (unpaired) electrons. The monoisotopic (exact) mass is 400 g/mol. The van der Waals surface area contributed by atoms with E-state index >= 15 is 0 Å². The van der Waals surface area contributed by atoms with Crippen molar-refractivity contribution in [2.45, 2.75) is 12.8 Å². The lowest BCUT2D eigenvalue weighted by molar-refractivity contribution is -0.115. The third-order valence-electron chi connectivity index (χ3n) is 3.59. The highest BCUT2D eigenvalue weighted by Crippen LogP contribution is 2.38. The van der Waals surface area contributed by atoms with Crippen LogP contribution in [0.25, 0.3) is 0 Å². The van der Waals surface area contributed by atoms with Gasteiger partial charge in [-0.05, 0) is 29.8 Å². The summed E-state index contributed by atoms with van der Waals surface area (Å²) >= 11 is 18.2. The molecule has 0 bridgehead atoms. The minimum atomic E-state index is -0.248. The van der Waals surface area contributed by atoms with Crippen LogP contribution in [0.15, 0.2) is 24.3 Å². The van der Waals surface area contributed by atoms with E-state index in [1.54, 1.807) is 24.3 Å². The van der Waals surface area contributed by atoms with Crippen LogP contribution in [0, 0.1) is 0 Å². The van der Waals surface area contributed by atoms with E-state index in [9.17, 15) is 4.79 Å². The van der Waals surface area contributed by atoms with E-state index in [4.69, 9.17) is 50.0 Å². The van der Waals surface area contributed by atoms with Gasteiger partial charge in [0.1, 0.15) is 0 Å². The molecule has 0 aliphatic carbocycles. The molecule has 3 rings (SSSR count). The first-order valence-electron chi connectivity index (χ1n) is 7.56. The summed E-state index contributed by atoms with van der Waals surface area (Å²) in [6, 6.07) is 6.54. The molecule has 0 atom stereocenters. The number of hydrogen-bond acceptors (Lipinski definition) is 4. The minimum absolute atomic E-state index is 0.107. The maximum absolute atomic E-state index is 12.3. The second-order valence-corrected chi connectivity index (χ2v) is 6.76. The number of ether oxygens (including phenoxy) is 2. The summed E-state index contributed by atoms with van der Waals surface area (Å²) in [6.45, 7) is 1.09. The van der Waals surface area contributed by atoms with Crippen molar-refractivity contribution < 1.29 is 14.3 Å². The van der Waals surface area contributed by atoms with Crippen LogP contribution in [0.1, 0.15) is 12.0 Å². The lowest BCUT2D eigenvalue weighted by atomic mass is 10.1. The fraction of sp³-hybridized carbons (Fsp3) is 0.235. The van der Waals surface area contributed by atoms with Gasteiger partial charge in [0, 0.05) is 12.1 Å². The Bertz CT molecular complexity index is 804. The summed E-state index contributed by atoms with van der Waals surface area (Å²) in [5.41, 5.74) is 7.13. The van der Waals surface area contributed by atoms with Crippen molar-refractivity contribution in [3.05, 3.63) is 44.9 Å². The van der Waals surface area contributed by atoms with Crippen LogP contribution >= 0.6 is 34.8 Å². The zero-order chi connectivity index (χ0) is 18.0. The van der Waals surface area contributed by atoms with Crippen LogP contribution in [0.3, 0.4) is 0 Å². The highest BCUT2D eigenvalue weighted by atomic mass is 35.5. The summed E-state index contributed by atoms with van der Waals surface area (Å²) in [5, 5.41) is 3.71. The Morgan fingerprint density at radius 2 is 1.72 bits per heavy atom. The number of carbonyl (C=O) groups is 1. The first kappa shape index (κ1) is 18.0. The molecule has 1 amide bonds. The van der Waals surface area contributed by atoms with Gasteiger partial charge in [-0.3, -0.25) is 4.79 Å². The van der Waals surface area contributed by atoms with Crippen molar-refractivity contribution in [3.8, 4) is 11.5 Å². The van der Waals surface area contributed by atoms with E-state index < -0.39 is 0 Å². The Kier molecular flexibility index (Phi) is 5.47. The molecule has 2 aromatic carbocycles. The minimum Gasteiger partial charge on any atom is -0.489 e. The number of nitrogen functional groups attached to an aromatic ring is 1. The number of halogens is 3. The molecule has 3 N–H and O–H groups in total. The number of benzene rings is 2. The average molecular weight is 402 g/mol. The smallest absolute Gasteiger partial charge is 0.228 e. The quantitative estimate of drug-likeness (QED) is 0.739. The molecule has 0 saturated carbocycles.